The summed E-state index contributed by atoms with van der Waals surface area (Å²) in [6.45, 7) is 3.77. The van der Waals surface area contributed by atoms with E-state index in [1.54, 1.807) is 17.9 Å². The predicted molar refractivity (Wildman–Crippen MR) is 58.7 cm³/mol. The second kappa shape index (κ2) is 4.59. The molecule has 14 heavy (non-hydrogen) atoms. The van der Waals surface area contributed by atoms with Crippen LogP contribution in [0.2, 0.25) is 0 Å². The number of aromatic nitrogens is 2. The Kier molecular flexibility index (Phi) is 3.69. The van der Waals surface area contributed by atoms with E-state index in [0.29, 0.717) is 5.56 Å². The zero-order valence-electron chi connectivity index (χ0n) is 8.54. The molecule has 1 N–H and O–H groups in total. The van der Waals surface area contributed by atoms with Gasteiger partial charge in [-0.3, -0.25) is 9.48 Å². The summed E-state index contributed by atoms with van der Waals surface area (Å²) in [5.41, 5.74) is 1.40. The Labute approximate surface area is 91.8 Å². The van der Waals surface area contributed by atoms with Gasteiger partial charge in [-0.15, -0.1) is 0 Å². The molecule has 0 aliphatic carbocycles. The Morgan fingerprint density at radius 3 is 2.86 bits per heavy atom. The molecule has 1 aromatic rings. The molecule has 0 bridgehead atoms. The van der Waals surface area contributed by atoms with Gasteiger partial charge in [0, 0.05) is 24.6 Å². The van der Waals surface area contributed by atoms with Gasteiger partial charge in [0.15, 0.2) is 0 Å². The van der Waals surface area contributed by atoms with Crippen LogP contribution in [-0.4, -0.2) is 27.1 Å². The van der Waals surface area contributed by atoms with Gasteiger partial charge in [-0.2, -0.15) is 5.10 Å². The normalized spacial score (nSPS) is 12.6. The monoisotopic (exact) mass is 259 g/mol. The first-order valence-corrected chi connectivity index (χ1v) is 5.53. The first-order chi connectivity index (χ1) is 6.54. The van der Waals surface area contributed by atoms with Gasteiger partial charge in [0.05, 0.1) is 11.3 Å². The Balaban J connectivity index is 2.74. The van der Waals surface area contributed by atoms with Crippen LogP contribution >= 0.6 is 15.9 Å². The molecular formula is C9H14BrN3O. The lowest BCUT2D eigenvalue weighted by Gasteiger charge is -2.09. The molecule has 0 saturated heterocycles. The van der Waals surface area contributed by atoms with Crippen molar-refractivity contribution >= 4 is 21.8 Å². The number of hydrogen-bond donors (Lipinski definition) is 1. The molecule has 1 heterocycles. The molecule has 4 nitrogen and oxygen atoms in total. The van der Waals surface area contributed by atoms with Crippen LogP contribution in [0, 0.1) is 6.92 Å². The van der Waals surface area contributed by atoms with Gasteiger partial charge in [-0.1, -0.05) is 15.9 Å². The first-order valence-electron chi connectivity index (χ1n) is 4.41. The summed E-state index contributed by atoms with van der Waals surface area (Å²) in [7, 11) is 1.80. The standard InChI is InChI=1S/C9H14BrN3O/c1-6(4-10)11-9(14)8-5-13(3)12-7(8)2/h5-6H,4H2,1-3H3,(H,11,14). The van der Waals surface area contributed by atoms with Crippen molar-refractivity contribution in [3.8, 4) is 0 Å². The van der Waals surface area contributed by atoms with Crippen LogP contribution in [0.4, 0.5) is 0 Å². The van der Waals surface area contributed by atoms with Crippen molar-refractivity contribution in [2.24, 2.45) is 7.05 Å². The summed E-state index contributed by atoms with van der Waals surface area (Å²) >= 11 is 3.30. The molecule has 1 aromatic heterocycles. The third-order valence-electron chi connectivity index (χ3n) is 1.87. The Morgan fingerprint density at radius 1 is 1.79 bits per heavy atom. The zero-order chi connectivity index (χ0) is 10.7. The van der Waals surface area contributed by atoms with Crippen LogP contribution in [0.5, 0.6) is 0 Å². The van der Waals surface area contributed by atoms with Crippen molar-refractivity contribution in [1.29, 1.82) is 0 Å². The molecular weight excluding hydrogens is 246 g/mol. The summed E-state index contributed by atoms with van der Waals surface area (Å²) in [4.78, 5) is 11.7. The molecule has 0 spiro atoms. The average Bonchev–Trinajstić information content (AvgIpc) is 2.45. The first kappa shape index (κ1) is 11.2. The van der Waals surface area contributed by atoms with E-state index in [1.165, 1.54) is 0 Å². The minimum atomic E-state index is -0.0671. The largest absolute Gasteiger partial charge is 0.349 e. The number of carbonyl (C=O) groups is 1. The lowest BCUT2D eigenvalue weighted by Crippen LogP contribution is -2.33. The maximum atomic E-state index is 11.7. The number of alkyl halides is 1. The lowest BCUT2D eigenvalue weighted by molar-refractivity contribution is 0.0943. The van der Waals surface area contributed by atoms with E-state index in [2.05, 4.69) is 26.3 Å². The summed E-state index contributed by atoms with van der Waals surface area (Å²) < 4.78 is 1.64. The highest BCUT2D eigenvalue weighted by Crippen LogP contribution is 2.04. The molecule has 5 heteroatoms. The second-order valence-corrected chi connectivity index (χ2v) is 3.98. The molecule has 1 atom stereocenters. The van der Waals surface area contributed by atoms with Gasteiger partial charge in [0.1, 0.15) is 0 Å². The maximum absolute atomic E-state index is 11.7. The number of nitrogens with one attached hydrogen (secondary N) is 1. The molecule has 0 aliphatic rings. The van der Waals surface area contributed by atoms with E-state index in [4.69, 9.17) is 0 Å². The molecule has 78 valence electrons. The molecule has 0 radical (unpaired) electrons. The average molecular weight is 260 g/mol. The molecule has 0 aliphatic heterocycles. The lowest BCUT2D eigenvalue weighted by atomic mass is 10.2. The van der Waals surface area contributed by atoms with Gasteiger partial charge in [-0.25, -0.2) is 0 Å². The SMILES string of the molecule is Cc1nn(C)cc1C(=O)NC(C)CBr. The number of rotatable bonds is 3. The van der Waals surface area contributed by atoms with Crippen LogP contribution in [-0.2, 0) is 7.05 Å². The minimum Gasteiger partial charge on any atom is -0.349 e. The fraction of sp³-hybridized carbons (Fsp3) is 0.556. The third kappa shape index (κ3) is 2.57. The quantitative estimate of drug-likeness (QED) is 0.831. The minimum absolute atomic E-state index is 0.0671. The fourth-order valence-corrected chi connectivity index (χ4v) is 1.32. The Morgan fingerprint density at radius 2 is 2.43 bits per heavy atom. The highest BCUT2D eigenvalue weighted by molar-refractivity contribution is 9.09. The van der Waals surface area contributed by atoms with Gasteiger partial charge in [0.25, 0.3) is 5.91 Å². The van der Waals surface area contributed by atoms with Gasteiger partial charge in [-0.05, 0) is 13.8 Å². The van der Waals surface area contributed by atoms with Crippen LogP contribution in [0.1, 0.15) is 23.0 Å². The number of carbonyl (C=O) groups excluding carboxylic acids is 1. The van der Waals surface area contributed by atoms with Crippen LogP contribution in [0.25, 0.3) is 0 Å². The second-order valence-electron chi connectivity index (χ2n) is 3.33. The number of aryl methyl sites for hydroxylation is 2. The van der Waals surface area contributed by atoms with E-state index in [0.717, 1.165) is 11.0 Å². The zero-order valence-corrected chi connectivity index (χ0v) is 10.1. The topological polar surface area (TPSA) is 46.9 Å². The molecule has 0 aromatic carbocycles. The smallest absolute Gasteiger partial charge is 0.254 e. The molecule has 0 fully saturated rings. The van der Waals surface area contributed by atoms with Crippen molar-refractivity contribution < 1.29 is 4.79 Å². The van der Waals surface area contributed by atoms with E-state index < -0.39 is 0 Å². The third-order valence-corrected chi connectivity index (χ3v) is 2.84. The van der Waals surface area contributed by atoms with Crippen molar-refractivity contribution in [3.05, 3.63) is 17.5 Å². The predicted octanol–water partition coefficient (Wildman–Crippen LogP) is 1.24. The molecule has 0 saturated carbocycles. The van der Waals surface area contributed by atoms with Crippen LogP contribution in [0.15, 0.2) is 6.20 Å². The van der Waals surface area contributed by atoms with Gasteiger partial charge >= 0.3 is 0 Å². The van der Waals surface area contributed by atoms with E-state index in [9.17, 15) is 4.79 Å². The van der Waals surface area contributed by atoms with E-state index >= 15 is 0 Å². The molecule has 1 amide bonds. The maximum Gasteiger partial charge on any atom is 0.254 e. The Hall–Kier alpha value is -0.840. The number of hydrogen-bond acceptors (Lipinski definition) is 2. The van der Waals surface area contributed by atoms with Crippen molar-refractivity contribution in [1.82, 2.24) is 15.1 Å². The summed E-state index contributed by atoms with van der Waals surface area (Å²) in [5.74, 6) is -0.0671. The van der Waals surface area contributed by atoms with Crippen molar-refractivity contribution in [2.75, 3.05) is 5.33 Å². The van der Waals surface area contributed by atoms with Crippen molar-refractivity contribution in [3.63, 3.8) is 0 Å². The van der Waals surface area contributed by atoms with E-state index in [-0.39, 0.29) is 11.9 Å². The summed E-state index contributed by atoms with van der Waals surface area (Å²) in [5, 5.41) is 7.72. The Bertz CT molecular complexity index is 335. The number of nitrogens with zero attached hydrogens (tertiary/aromatic N) is 2. The highest BCUT2D eigenvalue weighted by Gasteiger charge is 2.13. The van der Waals surface area contributed by atoms with Crippen molar-refractivity contribution in [2.45, 2.75) is 19.9 Å². The number of amides is 1. The molecule has 1 rings (SSSR count). The van der Waals surface area contributed by atoms with Gasteiger partial charge < -0.3 is 5.32 Å². The summed E-state index contributed by atoms with van der Waals surface area (Å²) in [6.07, 6.45) is 1.73. The van der Waals surface area contributed by atoms with E-state index in [1.807, 2.05) is 13.8 Å². The highest BCUT2D eigenvalue weighted by atomic mass is 79.9. The number of halogens is 1. The summed E-state index contributed by atoms with van der Waals surface area (Å²) in [6, 6.07) is 0.127. The molecule has 1 unspecified atom stereocenters. The fourth-order valence-electron chi connectivity index (χ4n) is 1.16. The van der Waals surface area contributed by atoms with Crippen LogP contribution < -0.4 is 5.32 Å². The van der Waals surface area contributed by atoms with Crippen LogP contribution in [0.3, 0.4) is 0 Å². The van der Waals surface area contributed by atoms with Gasteiger partial charge in [0.2, 0.25) is 0 Å².